The molecule has 0 aromatic carbocycles. The van der Waals surface area contributed by atoms with Crippen LogP contribution in [0.5, 0.6) is 0 Å². The molecule has 0 saturated heterocycles. The van der Waals surface area contributed by atoms with E-state index < -0.39 is 11.8 Å². The summed E-state index contributed by atoms with van der Waals surface area (Å²) in [5, 5.41) is 0. The Labute approximate surface area is 281 Å². The van der Waals surface area contributed by atoms with Crippen molar-refractivity contribution in [2.45, 2.75) is 79.1 Å². The molecule has 248 valence electrons. The Bertz CT molecular complexity index is 2070. The minimum Gasteiger partial charge on any atom is -0.469 e. The fourth-order valence-corrected chi connectivity index (χ4v) is 7.44. The quantitative estimate of drug-likeness (QED) is 0.170. The lowest BCUT2D eigenvalue weighted by Crippen LogP contribution is -2.41. The number of aryl methyl sites for hydroxylation is 1. The number of methoxy groups -OCH3 is 1. The second-order valence-electron chi connectivity index (χ2n) is 13.0. The number of allylic oxidation sites excluding steroid dienone is 4. The molecule has 0 spiro atoms. The molecule has 0 radical (unpaired) electrons. The van der Waals surface area contributed by atoms with Gasteiger partial charge in [0.15, 0.2) is 0 Å². The third-order valence-electron chi connectivity index (χ3n) is 10.3. The van der Waals surface area contributed by atoms with Gasteiger partial charge in [-0.15, -0.1) is 0 Å². The fraction of sp³-hybridized carbons (Fsp3) is 0.359. The molecule has 6 rings (SSSR count). The summed E-state index contributed by atoms with van der Waals surface area (Å²) >= 11 is 0. The Morgan fingerprint density at radius 3 is 2.15 bits per heavy atom. The molecule has 0 unspecified atom stereocenters. The summed E-state index contributed by atoms with van der Waals surface area (Å²) in [6.07, 6.45) is 3.76. The van der Waals surface area contributed by atoms with Gasteiger partial charge in [0, 0.05) is 35.2 Å². The first-order valence-corrected chi connectivity index (χ1v) is 16.6. The van der Waals surface area contributed by atoms with Crippen molar-refractivity contribution in [1.29, 1.82) is 0 Å². The van der Waals surface area contributed by atoms with Crippen molar-refractivity contribution in [1.82, 2.24) is 24.8 Å². The lowest BCUT2D eigenvalue weighted by atomic mass is 9.84. The van der Waals surface area contributed by atoms with Gasteiger partial charge in [-0.2, -0.15) is 0 Å². The van der Waals surface area contributed by atoms with Crippen molar-refractivity contribution in [2.24, 2.45) is 0 Å². The average molecular weight is 646 g/mol. The maximum atomic E-state index is 14.5. The van der Waals surface area contributed by atoms with Crippen LogP contribution in [0.3, 0.4) is 0 Å². The summed E-state index contributed by atoms with van der Waals surface area (Å²) in [4.78, 5) is 59.6. The van der Waals surface area contributed by atoms with Gasteiger partial charge < -0.3 is 14.7 Å². The van der Waals surface area contributed by atoms with Crippen LogP contribution in [0.25, 0.3) is 33.3 Å². The van der Waals surface area contributed by atoms with Gasteiger partial charge in [0.05, 0.1) is 53.1 Å². The molecule has 2 amide bonds. The maximum Gasteiger partial charge on any atom is 0.305 e. The first-order chi connectivity index (χ1) is 22.9. The summed E-state index contributed by atoms with van der Waals surface area (Å²) in [6.45, 7) is 20.2. The third kappa shape index (κ3) is 5.21. The lowest BCUT2D eigenvalue weighted by molar-refractivity contribution is -0.140. The zero-order chi connectivity index (χ0) is 34.6. The summed E-state index contributed by atoms with van der Waals surface area (Å²) in [6, 6.07) is 6.13. The zero-order valence-electron chi connectivity index (χ0n) is 28.9. The van der Waals surface area contributed by atoms with Gasteiger partial charge in [0.2, 0.25) is 0 Å². The number of nitrogens with one attached hydrogen (secondary N) is 2. The van der Waals surface area contributed by atoms with E-state index in [1.807, 2.05) is 13.0 Å². The molecule has 0 aliphatic carbocycles. The standard InChI is InChI=1S/C39H43N5O4/c1-10-19(4)18-44-38(46)34-23(8)30-17-32-25(12-3)21(6)28(41-32)16-31-24(11-2)20(5)27(40-31)15-29-22(7)26(13-14-33(45)48-9)36(42-29)35(39(44)47)37(34)43-30/h10,15-17,22,26,42-43H,1,4,11-14,18H2,2-3,5-9H3/t22-,26-/m0/s1. The summed E-state index contributed by atoms with van der Waals surface area (Å²) in [7, 11) is 1.38. The number of H-pyrrole nitrogens is 2. The van der Waals surface area contributed by atoms with E-state index in [1.165, 1.54) is 12.0 Å². The van der Waals surface area contributed by atoms with Gasteiger partial charge in [-0.25, -0.2) is 9.97 Å². The number of fused-ring (bicyclic) bond motifs is 8. The Morgan fingerprint density at radius 2 is 1.54 bits per heavy atom. The molecule has 8 bridgehead atoms. The van der Waals surface area contributed by atoms with Crippen LogP contribution >= 0.6 is 0 Å². The van der Waals surface area contributed by atoms with E-state index in [9.17, 15) is 14.4 Å². The highest BCUT2D eigenvalue weighted by Crippen LogP contribution is 2.45. The van der Waals surface area contributed by atoms with Gasteiger partial charge in [0.1, 0.15) is 0 Å². The molecule has 9 heteroatoms. The summed E-state index contributed by atoms with van der Waals surface area (Å²) < 4.78 is 5.00. The molecule has 4 aliphatic heterocycles. The highest BCUT2D eigenvalue weighted by Gasteiger charge is 2.40. The van der Waals surface area contributed by atoms with E-state index in [2.05, 4.69) is 69.9 Å². The number of ether oxygens (including phenoxy) is 1. The molecule has 6 heterocycles. The molecule has 2 atom stereocenters. The van der Waals surface area contributed by atoms with Crippen molar-refractivity contribution < 1.29 is 19.1 Å². The monoisotopic (exact) mass is 645 g/mol. The number of rotatable bonds is 8. The van der Waals surface area contributed by atoms with Crippen molar-refractivity contribution >= 4 is 51.1 Å². The topological polar surface area (TPSA) is 121 Å². The van der Waals surface area contributed by atoms with Crippen molar-refractivity contribution in [3.63, 3.8) is 0 Å². The minimum absolute atomic E-state index is 0.00805. The number of carbonyl (C=O) groups excluding carboxylic acids is 3. The number of esters is 1. The third-order valence-corrected chi connectivity index (χ3v) is 10.3. The SMILES string of the molecule is C=CC(=C)CN1C(=O)c2c3[nH]c(cc4nc(cc5nc(cc6[nH]c2c(c6C)C1=O)C(CC)=C5C)C(CC)=C4C)[C@@H](C)[C@@H]3CCC(=O)OC. The molecule has 0 saturated carbocycles. The number of amides is 2. The number of carbonyl (C=O) groups is 3. The van der Waals surface area contributed by atoms with Gasteiger partial charge >= 0.3 is 5.97 Å². The van der Waals surface area contributed by atoms with Crippen LogP contribution in [-0.2, 0) is 9.53 Å². The number of hydrogen-bond acceptors (Lipinski definition) is 6. The first kappa shape index (κ1) is 32.9. The van der Waals surface area contributed by atoms with E-state index in [0.29, 0.717) is 39.8 Å². The highest BCUT2D eigenvalue weighted by atomic mass is 16.5. The van der Waals surface area contributed by atoms with E-state index in [1.54, 1.807) is 6.08 Å². The molecule has 9 nitrogen and oxygen atoms in total. The predicted octanol–water partition coefficient (Wildman–Crippen LogP) is 8.21. The first-order valence-electron chi connectivity index (χ1n) is 16.6. The summed E-state index contributed by atoms with van der Waals surface area (Å²) in [5.74, 6) is -1.49. The molecule has 2 N–H and O–H groups in total. The predicted molar refractivity (Wildman–Crippen MR) is 190 cm³/mol. The van der Waals surface area contributed by atoms with E-state index in [4.69, 9.17) is 14.7 Å². The average Bonchev–Trinajstić information content (AvgIpc) is 3.74. The molecule has 4 aliphatic rings. The molecular formula is C39H43N5O4. The van der Waals surface area contributed by atoms with Crippen LogP contribution in [0.1, 0.15) is 133 Å². The Morgan fingerprint density at radius 1 is 0.938 bits per heavy atom. The van der Waals surface area contributed by atoms with Crippen LogP contribution in [-0.4, -0.2) is 56.3 Å². The minimum atomic E-state index is -0.435. The largest absolute Gasteiger partial charge is 0.469 e. The number of aromatic amines is 2. The smallest absolute Gasteiger partial charge is 0.305 e. The number of nitrogens with zero attached hydrogens (tertiary/aromatic N) is 3. The van der Waals surface area contributed by atoms with Gasteiger partial charge in [-0.3, -0.25) is 19.3 Å². The molecule has 0 fully saturated rings. The van der Waals surface area contributed by atoms with Crippen LogP contribution in [0.2, 0.25) is 0 Å². The second-order valence-corrected chi connectivity index (χ2v) is 13.0. The van der Waals surface area contributed by atoms with Crippen LogP contribution in [0, 0.1) is 6.92 Å². The second kappa shape index (κ2) is 12.5. The molecule has 48 heavy (non-hydrogen) atoms. The van der Waals surface area contributed by atoms with E-state index in [-0.39, 0.29) is 30.8 Å². The van der Waals surface area contributed by atoms with Crippen molar-refractivity contribution in [2.75, 3.05) is 13.7 Å². The number of imide groups is 1. The fourth-order valence-electron chi connectivity index (χ4n) is 7.44. The number of aromatic nitrogens is 4. The Kier molecular flexibility index (Phi) is 8.58. The number of hydrogen-bond donors (Lipinski definition) is 2. The Balaban J connectivity index is 1.78. The molecule has 2 aromatic heterocycles. The highest BCUT2D eigenvalue weighted by molar-refractivity contribution is 6.23. The van der Waals surface area contributed by atoms with Crippen molar-refractivity contribution in [3.05, 3.63) is 93.9 Å². The molecule has 2 aromatic rings. The van der Waals surface area contributed by atoms with Gasteiger partial charge in [0.25, 0.3) is 11.8 Å². The molecular weight excluding hydrogens is 602 g/mol. The van der Waals surface area contributed by atoms with Crippen LogP contribution in [0.4, 0.5) is 0 Å². The van der Waals surface area contributed by atoms with Gasteiger partial charge in [-0.1, -0.05) is 40.0 Å². The Hall–Kier alpha value is -5.05. The van der Waals surface area contributed by atoms with Crippen molar-refractivity contribution in [3.8, 4) is 0 Å². The normalized spacial score (nSPS) is 18.0. The van der Waals surface area contributed by atoms with Gasteiger partial charge in [-0.05, 0) is 91.7 Å². The summed E-state index contributed by atoms with van der Waals surface area (Å²) in [5.41, 5.74) is 12.7. The van der Waals surface area contributed by atoms with Crippen LogP contribution in [0.15, 0.2) is 43.0 Å². The van der Waals surface area contributed by atoms with E-state index in [0.717, 1.165) is 69.2 Å². The lowest BCUT2D eigenvalue weighted by Gasteiger charge is -2.27. The maximum absolute atomic E-state index is 14.5. The van der Waals surface area contributed by atoms with E-state index >= 15 is 0 Å². The zero-order valence-corrected chi connectivity index (χ0v) is 28.9. The van der Waals surface area contributed by atoms with Crippen LogP contribution < -0.4 is 0 Å².